The normalized spacial score (nSPS) is 11.7. The third-order valence-corrected chi connectivity index (χ3v) is 12.3. The maximum atomic E-state index is 2.40. The maximum Gasteiger partial charge on any atom is 0.0541 e. The van der Waals surface area contributed by atoms with Crippen molar-refractivity contribution in [3.05, 3.63) is 231 Å². The summed E-state index contributed by atoms with van der Waals surface area (Å²) in [6.45, 7) is 0. The molecule has 0 atom stereocenters. The van der Waals surface area contributed by atoms with E-state index in [1.807, 2.05) is 0 Å². The maximum absolute atomic E-state index is 2.40. The molecular weight excluding hydrogens is 725 g/mol. The lowest BCUT2D eigenvalue weighted by atomic mass is 9.94. The summed E-state index contributed by atoms with van der Waals surface area (Å²) in [7, 11) is 0. The van der Waals surface area contributed by atoms with Crippen LogP contribution in [0.1, 0.15) is 0 Å². The Bertz CT molecular complexity index is 3540. The van der Waals surface area contributed by atoms with Gasteiger partial charge in [0.1, 0.15) is 0 Å². The summed E-state index contributed by atoms with van der Waals surface area (Å²) in [5.74, 6) is 0. The molecule has 60 heavy (non-hydrogen) atoms. The van der Waals surface area contributed by atoms with Gasteiger partial charge in [-0.25, -0.2) is 0 Å². The number of rotatable bonds is 6. The number of hydrogen-bond acceptors (Lipinski definition) is 1. The van der Waals surface area contributed by atoms with E-state index in [9.17, 15) is 0 Å². The van der Waals surface area contributed by atoms with Crippen LogP contribution in [0.2, 0.25) is 0 Å². The van der Waals surface area contributed by atoms with E-state index in [0.717, 1.165) is 22.7 Å². The van der Waals surface area contributed by atoms with E-state index in [1.54, 1.807) is 0 Å². The molecule has 12 aromatic rings. The molecule has 0 radical (unpaired) electrons. The van der Waals surface area contributed by atoms with Gasteiger partial charge in [0.25, 0.3) is 0 Å². The number of nitrogens with zero attached hydrogens (tertiary/aromatic N) is 2. The Balaban J connectivity index is 0.993. The lowest BCUT2D eigenvalue weighted by molar-refractivity contribution is 1.18. The van der Waals surface area contributed by atoms with Crippen LogP contribution >= 0.6 is 0 Å². The standard InChI is InChI=1S/C58H38N2/c1-3-16-43(17-4-1)59(46-32-33-53-51-23-10-9-21-49(51)50-22-11-12-24-52(50)54(53)38-46)45-30-26-39(27-31-45)41-28-34-57-55(36-41)56-37-42(48-25-13-15-40-14-7-8-20-47(40)48)29-35-58(56)60(57)44-18-5-2-6-19-44/h1-38H. The number of hydrogen-bond donors (Lipinski definition) is 0. The summed E-state index contributed by atoms with van der Waals surface area (Å²) in [5, 5.41) is 12.6. The SMILES string of the molecule is c1ccc(N(c2ccc(-c3ccc4c(c3)c3cc(-c5cccc6ccccc56)ccc3n4-c3ccccc3)cc2)c2ccc3c4ccccc4c4ccccc4c3c2)cc1. The van der Waals surface area contributed by atoms with E-state index in [-0.39, 0.29) is 0 Å². The molecular formula is C58H38N2. The molecule has 0 N–H and O–H groups in total. The van der Waals surface area contributed by atoms with E-state index in [1.165, 1.54) is 87.1 Å². The number of anilines is 3. The zero-order valence-corrected chi connectivity index (χ0v) is 32.8. The Morgan fingerprint density at radius 1 is 0.267 bits per heavy atom. The van der Waals surface area contributed by atoms with E-state index in [0.29, 0.717) is 0 Å². The van der Waals surface area contributed by atoms with Crippen molar-refractivity contribution >= 4 is 82.0 Å². The first-order valence-corrected chi connectivity index (χ1v) is 20.7. The van der Waals surface area contributed by atoms with Gasteiger partial charge in [0.05, 0.1) is 11.0 Å². The molecule has 0 amide bonds. The minimum Gasteiger partial charge on any atom is -0.310 e. The second-order valence-corrected chi connectivity index (χ2v) is 15.7. The van der Waals surface area contributed by atoms with Gasteiger partial charge in [0.15, 0.2) is 0 Å². The molecule has 1 heterocycles. The quantitative estimate of drug-likeness (QED) is 0.153. The Kier molecular flexibility index (Phi) is 7.89. The van der Waals surface area contributed by atoms with Crippen LogP contribution in [0.3, 0.4) is 0 Å². The van der Waals surface area contributed by atoms with Crippen LogP contribution < -0.4 is 4.90 Å². The average Bonchev–Trinajstić information content (AvgIpc) is 3.65. The second-order valence-electron chi connectivity index (χ2n) is 15.7. The highest BCUT2D eigenvalue weighted by atomic mass is 15.1. The van der Waals surface area contributed by atoms with Crippen LogP contribution in [0.5, 0.6) is 0 Å². The molecule has 0 unspecified atom stereocenters. The lowest BCUT2D eigenvalue weighted by Crippen LogP contribution is -2.09. The van der Waals surface area contributed by atoms with E-state index >= 15 is 0 Å². The summed E-state index contributed by atoms with van der Waals surface area (Å²) in [6, 6.07) is 84.2. The van der Waals surface area contributed by atoms with Gasteiger partial charge in [-0.15, -0.1) is 0 Å². The highest BCUT2D eigenvalue weighted by Crippen LogP contribution is 2.42. The highest BCUT2D eigenvalue weighted by Gasteiger charge is 2.18. The number of benzene rings is 11. The Labute approximate surface area is 348 Å². The summed E-state index contributed by atoms with van der Waals surface area (Å²) >= 11 is 0. The molecule has 0 aliphatic carbocycles. The molecule has 0 saturated heterocycles. The summed E-state index contributed by atoms with van der Waals surface area (Å²) in [5.41, 5.74) is 11.7. The highest BCUT2D eigenvalue weighted by molar-refractivity contribution is 6.26. The lowest BCUT2D eigenvalue weighted by Gasteiger charge is -2.26. The molecule has 0 saturated carbocycles. The molecule has 0 fully saturated rings. The van der Waals surface area contributed by atoms with Gasteiger partial charge in [-0.1, -0.05) is 158 Å². The number of fused-ring (bicyclic) bond motifs is 10. The van der Waals surface area contributed by atoms with E-state index in [2.05, 4.69) is 240 Å². The molecule has 0 spiro atoms. The minimum atomic E-state index is 1.11. The number of para-hydroxylation sites is 2. The first-order valence-electron chi connectivity index (χ1n) is 20.7. The van der Waals surface area contributed by atoms with Gasteiger partial charge in [-0.3, -0.25) is 0 Å². The molecule has 11 aromatic carbocycles. The largest absolute Gasteiger partial charge is 0.310 e. The first kappa shape index (κ1) is 34.1. The van der Waals surface area contributed by atoms with Crippen molar-refractivity contribution in [2.75, 3.05) is 4.90 Å². The zero-order chi connectivity index (χ0) is 39.6. The Morgan fingerprint density at radius 3 is 1.43 bits per heavy atom. The molecule has 12 rings (SSSR count). The molecule has 2 nitrogen and oxygen atoms in total. The molecule has 0 aliphatic rings. The van der Waals surface area contributed by atoms with E-state index in [4.69, 9.17) is 0 Å². The number of aromatic nitrogens is 1. The second kappa shape index (κ2) is 13.9. The third-order valence-electron chi connectivity index (χ3n) is 12.3. The predicted octanol–water partition coefficient (Wildman–Crippen LogP) is 16.2. The van der Waals surface area contributed by atoms with Crippen molar-refractivity contribution in [2.24, 2.45) is 0 Å². The van der Waals surface area contributed by atoms with Gasteiger partial charge in [0.2, 0.25) is 0 Å². The topological polar surface area (TPSA) is 8.17 Å². The minimum absolute atomic E-state index is 1.11. The molecule has 1 aromatic heterocycles. The van der Waals surface area contributed by atoms with Crippen LogP contribution in [0.4, 0.5) is 17.1 Å². The van der Waals surface area contributed by atoms with Crippen LogP contribution in [0, 0.1) is 0 Å². The summed E-state index contributed by atoms with van der Waals surface area (Å²) in [4.78, 5) is 2.37. The average molecular weight is 763 g/mol. The summed E-state index contributed by atoms with van der Waals surface area (Å²) in [6.07, 6.45) is 0. The fourth-order valence-corrected chi connectivity index (χ4v) is 9.56. The van der Waals surface area contributed by atoms with Crippen molar-refractivity contribution in [1.29, 1.82) is 0 Å². The van der Waals surface area contributed by atoms with Crippen molar-refractivity contribution in [1.82, 2.24) is 4.57 Å². The van der Waals surface area contributed by atoms with Crippen LogP contribution in [0.15, 0.2) is 231 Å². The first-order chi connectivity index (χ1) is 29.8. The van der Waals surface area contributed by atoms with Gasteiger partial charge in [-0.2, -0.15) is 0 Å². The Morgan fingerprint density at radius 2 is 0.750 bits per heavy atom. The van der Waals surface area contributed by atoms with Crippen LogP contribution in [-0.4, -0.2) is 4.57 Å². The Hall–Kier alpha value is -7.94. The monoisotopic (exact) mass is 762 g/mol. The van der Waals surface area contributed by atoms with Crippen molar-refractivity contribution < 1.29 is 0 Å². The van der Waals surface area contributed by atoms with Crippen molar-refractivity contribution in [3.63, 3.8) is 0 Å². The third kappa shape index (κ3) is 5.50. The fourth-order valence-electron chi connectivity index (χ4n) is 9.56. The van der Waals surface area contributed by atoms with Crippen LogP contribution in [0.25, 0.3) is 92.8 Å². The smallest absolute Gasteiger partial charge is 0.0541 e. The predicted molar refractivity (Wildman–Crippen MR) is 256 cm³/mol. The molecule has 0 bridgehead atoms. The molecule has 2 heteroatoms. The fraction of sp³-hybridized carbons (Fsp3) is 0. The van der Waals surface area contributed by atoms with E-state index < -0.39 is 0 Å². The van der Waals surface area contributed by atoms with Crippen molar-refractivity contribution in [2.45, 2.75) is 0 Å². The zero-order valence-electron chi connectivity index (χ0n) is 32.8. The van der Waals surface area contributed by atoms with Crippen molar-refractivity contribution in [3.8, 4) is 27.9 Å². The van der Waals surface area contributed by atoms with Gasteiger partial charge in [-0.05, 0) is 138 Å². The molecule has 280 valence electrons. The van der Waals surface area contributed by atoms with Crippen LogP contribution in [-0.2, 0) is 0 Å². The van der Waals surface area contributed by atoms with Gasteiger partial charge in [0, 0.05) is 33.5 Å². The van der Waals surface area contributed by atoms with Gasteiger partial charge >= 0.3 is 0 Å². The van der Waals surface area contributed by atoms with Gasteiger partial charge < -0.3 is 9.47 Å². The molecule has 0 aliphatic heterocycles. The summed E-state index contributed by atoms with van der Waals surface area (Å²) < 4.78 is 2.40.